The van der Waals surface area contributed by atoms with Gasteiger partial charge in [0.25, 0.3) is 0 Å². The molecule has 1 nitrogen and oxygen atoms in total. The summed E-state index contributed by atoms with van der Waals surface area (Å²) in [5.41, 5.74) is 7.73. The zero-order valence-corrected chi connectivity index (χ0v) is 9.16. The molecule has 0 bridgehead atoms. The molecule has 1 atom stereocenters. The van der Waals surface area contributed by atoms with Crippen molar-refractivity contribution in [3.63, 3.8) is 0 Å². The van der Waals surface area contributed by atoms with Crippen molar-refractivity contribution >= 4 is 11.8 Å². The summed E-state index contributed by atoms with van der Waals surface area (Å²) in [5, 5.41) is 0. The maximum absolute atomic E-state index is 5.80. The molecular weight excluding hydrogens is 178 g/mol. The van der Waals surface area contributed by atoms with Crippen molar-refractivity contribution in [2.45, 2.75) is 13.0 Å². The van der Waals surface area contributed by atoms with Gasteiger partial charge in [-0.05, 0) is 24.3 Å². The Kier molecular flexibility index (Phi) is 5.51. The molecule has 0 aromatic rings. The van der Waals surface area contributed by atoms with E-state index in [-0.39, 0.29) is 6.04 Å². The highest BCUT2D eigenvalue weighted by molar-refractivity contribution is 8.02. The van der Waals surface area contributed by atoms with Crippen molar-refractivity contribution in [2.24, 2.45) is 5.73 Å². The van der Waals surface area contributed by atoms with Gasteiger partial charge in [0.15, 0.2) is 0 Å². The van der Waals surface area contributed by atoms with E-state index < -0.39 is 0 Å². The fourth-order valence-electron chi connectivity index (χ4n) is 1.01. The van der Waals surface area contributed by atoms with Crippen LogP contribution in [0.25, 0.3) is 0 Å². The van der Waals surface area contributed by atoms with Crippen molar-refractivity contribution in [1.82, 2.24) is 0 Å². The van der Waals surface area contributed by atoms with Crippen molar-refractivity contribution in [3.8, 4) is 0 Å². The molecule has 0 aromatic heterocycles. The topological polar surface area (TPSA) is 26.0 Å². The number of hydrogen-bond acceptors (Lipinski definition) is 2. The number of allylic oxidation sites excluding steroid dienone is 2. The second-order valence-electron chi connectivity index (χ2n) is 2.71. The zero-order chi connectivity index (χ0) is 10.4. The van der Waals surface area contributed by atoms with Gasteiger partial charge in [0, 0.05) is 10.9 Å². The van der Waals surface area contributed by atoms with E-state index in [9.17, 15) is 0 Å². The fourth-order valence-corrected chi connectivity index (χ4v) is 1.86. The number of thioether (sulfide) groups is 1. The Morgan fingerprint density at radius 2 is 1.92 bits per heavy atom. The highest BCUT2D eigenvalue weighted by atomic mass is 32.2. The average molecular weight is 195 g/mol. The molecule has 2 heteroatoms. The predicted molar refractivity (Wildman–Crippen MR) is 63.7 cm³/mol. The van der Waals surface area contributed by atoms with E-state index in [0.717, 1.165) is 16.1 Å². The molecule has 0 rings (SSSR count). The van der Waals surface area contributed by atoms with E-state index in [4.69, 9.17) is 5.73 Å². The van der Waals surface area contributed by atoms with Gasteiger partial charge in [-0.25, -0.2) is 0 Å². The first-order valence-electron chi connectivity index (χ1n) is 4.06. The first kappa shape index (κ1) is 12.3. The van der Waals surface area contributed by atoms with Crippen LogP contribution in [0.3, 0.4) is 0 Å². The number of hydrogen-bond donors (Lipinski definition) is 1. The molecule has 0 aromatic carbocycles. The molecule has 0 aliphatic carbocycles. The van der Waals surface area contributed by atoms with E-state index in [2.05, 4.69) is 19.7 Å². The summed E-state index contributed by atoms with van der Waals surface area (Å²) in [4.78, 5) is 1.07. The smallest absolute Gasteiger partial charge is 0.0277 e. The second-order valence-corrected chi connectivity index (χ2v) is 3.53. The maximum atomic E-state index is 5.80. The van der Waals surface area contributed by atoms with Crippen molar-refractivity contribution in [1.29, 1.82) is 0 Å². The van der Waals surface area contributed by atoms with Gasteiger partial charge in [-0.3, -0.25) is 0 Å². The van der Waals surface area contributed by atoms with E-state index >= 15 is 0 Å². The lowest BCUT2D eigenvalue weighted by Gasteiger charge is -2.13. The van der Waals surface area contributed by atoms with E-state index in [0.29, 0.717) is 0 Å². The van der Waals surface area contributed by atoms with Crippen LogP contribution in [0.4, 0.5) is 0 Å². The summed E-state index contributed by atoms with van der Waals surface area (Å²) in [5.74, 6) is 0. The molecular formula is C11H17NS. The molecule has 0 saturated heterocycles. The molecule has 0 fully saturated rings. The second kappa shape index (κ2) is 5.84. The summed E-state index contributed by atoms with van der Waals surface area (Å²) < 4.78 is 0. The van der Waals surface area contributed by atoms with E-state index in [1.165, 1.54) is 0 Å². The monoisotopic (exact) mass is 195 g/mol. The molecule has 0 radical (unpaired) electrons. The zero-order valence-electron chi connectivity index (χ0n) is 8.34. The lowest BCUT2D eigenvalue weighted by molar-refractivity contribution is 0.883. The van der Waals surface area contributed by atoms with Crippen LogP contribution >= 0.6 is 11.8 Å². The first-order chi connectivity index (χ1) is 6.08. The van der Waals surface area contributed by atoms with Crippen LogP contribution in [-0.2, 0) is 0 Å². The summed E-state index contributed by atoms with van der Waals surface area (Å²) in [6.45, 7) is 13.3. The molecule has 0 amide bonds. The summed E-state index contributed by atoms with van der Waals surface area (Å²) >= 11 is 1.62. The van der Waals surface area contributed by atoms with E-state index in [1.807, 2.05) is 13.2 Å². The maximum Gasteiger partial charge on any atom is 0.0277 e. The highest BCUT2D eigenvalue weighted by Crippen LogP contribution is 2.26. The number of nitrogens with two attached hydrogens (primary N) is 1. The largest absolute Gasteiger partial charge is 0.324 e. The minimum absolute atomic E-state index is 0.0170. The van der Waals surface area contributed by atoms with Gasteiger partial charge in [-0.15, -0.1) is 11.8 Å². The third-order valence-electron chi connectivity index (χ3n) is 1.71. The third-order valence-corrected chi connectivity index (χ3v) is 2.62. The molecule has 0 aliphatic heterocycles. The minimum Gasteiger partial charge on any atom is -0.324 e. The molecule has 1 unspecified atom stereocenters. The van der Waals surface area contributed by atoms with Gasteiger partial charge in [-0.2, -0.15) is 0 Å². The first-order valence-corrected chi connectivity index (χ1v) is 5.28. The average Bonchev–Trinajstić information content (AvgIpc) is 2.12. The van der Waals surface area contributed by atoms with Crippen LogP contribution in [0.2, 0.25) is 0 Å². The summed E-state index contributed by atoms with van der Waals surface area (Å²) in [6, 6.07) is -0.0170. The minimum atomic E-state index is -0.0170. The van der Waals surface area contributed by atoms with Crippen molar-refractivity contribution < 1.29 is 0 Å². The lowest BCUT2D eigenvalue weighted by Crippen LogP contribution is -2.18. The van der Waals surface area contributed by atoms with Crippen molar-refractivity contribution in [3.05, 3.63) is 47.9 Å². The number of rotatable bonds is 5. The van der Waals surface area contributed by atoms with Gasteiger partial charge < -0.3 is 5.73 Å². The Bertz CT molecular complexity index is 249. The molecule has 0 spiro atoms. The Hall–Kier alpha value is -0.730. The Morgan fingerprint density at radius 1 is 1.38 bits per heavy atom. The summed E-state index contributed by atoms with van der Waals surface area (Å²) in [7, 11) is 0. The fraction of sp³-hybridized carbons (Fsp3) is 0.273. The lowest BCUT2D eigenvalue weighted by atomic mass is 10.1. The predicted octanol–water partition coefficient (Wildman–Crippen LogP) is 2.88. The van der Waals surface area contributed by atoms with Crippen LogP contribution in [0.15, 0.2) is 47.9 Å². The quantitative estimate of drug-likeness (QED) is 0.683. The van der Waals surface area contributed by atoms with Crippen LogP contribution < -0.4 is 5.73 Å². The molecule has 0 heterocycles. The molecule has 13 heavy (non-hydrogen) atoms. The Labute approximate surface area is 85.1 Å². The Balaban J connectivity index is 5.16. The molecule has 72 valence electrons. The van der Waals surface area contributed by atoms with Gasteiger partial charge in [0.2, 0.25) is 0 Å². The molecule has 0 aliphatic rings. The molecule has 2 N–H and O–H groups in total. The normalized spacial score (nSPS) is 14.4. The SMILES string of the molecule is C=CC(=C)/C(SC)=C(\C=C)C(C)N. The van der Waals surface area contributed by atoms with Gasteiger partial charge >= 0.3 is 0 Å². The Morgan fingerprint density at radius 3 is 2.15 bits per heavy atom. The van der Waals surface area contributed by atoms with Crippen molar-refractivity contribution in [2.75, 3.05) is 6.26 Å². The van der Waals surface area contributed by atoms with Crippen LogP contribution in [-0.4, -0.2) is 12.3 Å². The van der Waals surface area contributed by atoms with Gasteiger partial charge in [0.05, 0.1) is 0 Å². The van der Waals surface area contributed by atoms with Crippen LogP contribution in [0.1, 0.15) is 6.92 Å². The van der Waals surface area contributed by atoms with E-state index in [1.54, 1.807) is 23.9 Å². The highest BCUT2D eigenvalue weighted by Gasteiger charge is 2.08. The van der Waals surface area contributed by atoms with Crippen LogP contribution in [0, 0.1) is 0 Å². The van der Waals surface area contributed by atoms with Crippen LogP contribution in [0.5, 0.6) is 0 Å². The standard InChI is InChI=1S/C11H17NS/c1-6-8(3)11(13-5)10(7-2)9(4)12/h6-7,9H,1-3,12H2,4-5H3/b11-10-. The third kappa shape index (κ3) is 3.25. The van der Waals surface area contributed by atoms with Gasteiger partial charge in [0.1, 0.15) is 0 Å². The molecule has 0 saturated carbocycles. The summed E-state index contributed by atoms with van der Waals surface area (Å²) in [6.07, 6.45) is 5.51. The van der Waals surface area contributed by atoms with Gasteiger partial charge in [-0.1, -0.05) is 31.9 Å².